The molecular formula is C18H20N2O2. The number of carbonyl (C=O) groups is 1. The van der Waals surface area contributed by atoms with Crippen molar-refractivity contribution in [2.45, 2.75) is 25.5 Å². The van der Waals surface area contributed by atoms with Crippen LogP contribution in [0.1, 0.15) is 36.7 Å². The summed E-state index contributed by atoms with van der Waals surface area (Å²) >= 11 is 0. The maximum Gasteiger partial charge on any atom is 0.223 e. The molecule has 0 radical (unpaired) electrons. The van der Waals surface area contributed by atoms with E-state index in [0.29, 0.717) is 18.7 Å². The van der Waals surface area contributed by atoms with Gasteiger partial charge in [0.1, 0.15) is 6.10 Å². The first-order valence-electron chi connectivity index (χ1n) is 7.60. The lowest BCUT2D eigenvalue weighted by Gasteiger charge is -2.26. The minimum atomic E-state index is -0.696. The summed E-state index contributed by atoms with van der Waals surface area (Å²) in [6.07, 6.45) is 1.34. The average Bonchev–Trinajstić information content (AvgIpc) is 2.97. The highest BCUT2D eigenvalue weighted by Gasteiger charge is 2.37. The van der Waals surface area contributed by atoms with Crippen molar-refractivity contribution in [3.63, 3.8) is 0 Å². The van der Waals surface area contributed by atoms with E-state index in [1.165, 1.54) is 0 Å². The highest BCUT2D eigenvalue weighted by molar-refractivity contribution is 5.79. The molecule has 1 unspecified atom stereocenters. The first-order valence-corrected chi connectivity index (χ1v) is 7.60. The predicted octanol–water partition coefficient (Wildman–Crippen LogP) is 2.72. The lowest BCUT2D eigenvalue weighted by Crippen LogP contribution is -2.29. The van der Waals surface area contributed by atoms with Crippen molar-refractivity contribution >= 4 is 5.91 Å². The summed E-state index contributed by atoms with van der Waals surface area (Å²) in [6, 6.07) is 15.5. The third kappa shape index (κ3) is 2.88. The van der Waals surface area contributed by atoms with Crippen molar-refractivity contribution in [2.75, 3.05) is 6.54 Å². The van der Waals surface area contributed by atoms with Crippen LogP contribution in [0, 0.1) is 5.92 Å². The summed E-state index contributed by atoms with van der Waals surface area (Å²) in [5.74, 6) is -0.00936. The zero-order valence-corrected chi connectivity index (χ0v) is 12.6. The Morgan fingerprint density at radius 2 is 1.91 bits per heavy atom. The zero-order valence-electron chi connectivity index (χ0n) is 12.6. The molecule has 1 saturated heterocycles. The number of hydrogen-bond donors (Lipinski definition) is 1. The van der Waals surface area contributed by atoms with Crippen LogP contribution in [-0.2, 0) is 4.79 Å². The van der Waals surface area contributed by atoms with Crippen LogP contribution < -0.4 is 0 Å². The molecule has 22 heavy (non-hydrogen) atoms. The van der Waals surface area contributed by atoms with Crippen molar-refractivity contribution < 1.29 is 9.90 Å². The summed E-state index contributed by atoms with van der Waals surface area (Å²) in [5.41, 5.74) is 1.75. The Hall–Kier alpha value is -2.20. The summed E-state index contributed by atoms with van der Waals surface area (Å²) in [7, 11) is 0. The molecule has 3 rings (SSSR count). The molecule has 3 atom stereocenters. The molecule has 1 fully saturated rings. The maximum absolute atomic E-state index is 12.3. The number of carbonyl (C=O) groups excluding carboxylic acids is 1. The third-order valence-electron chi connectivity index (χ3n) is 4.38. The van der Waals surface area contributed by atoms with Crippen LogP contribution >= 0.6 is 0 Å². The second-order valence-electron chi connectivity index (χ2n) is 5.80. The van der Waals surface area contributed by atoms with Crippen molar-refractivity contribution in [2.24, 2.45) is 5.92 Å². The second-order valence-corrected chi connectivity index (χ2v) is 5.80. The topological polar surface area (TPSA) is 53.4 Å². The number of benzene rings is 1. The van der Waals surface area contributed by atoms with E-state index in [4.69, 9.17) is 0 Å². The van der Waals surface area contributed by atoms with Gasteiger partial charge in [-0.25, -0.2) is 0 Å². The summed E-state index contributed by atoms with van der Waals surface area (Å²) in [4.78, 5) is 18.4. The summed E-state index contributed by atoms with van der Waals surface area (Å²) in [6.45, 7) is 2.59. The van der Waals surface area contributed by atoms with Gasteiger partial charge >= 0.3 is 0 Å². The average molecular weight is 296 g/mol. The monoisotopic (exact) mass is 296 g/mol. The Kier molecular flexibility index (Phi) is 4.20. The largest absolute Gasteiger partial charge is 0.386 e. The normalized spacial score (nSPS) is 20.9. The van der Waals surface area contributed by atoms with Crippen LogP contribution in [0.4, 0.5) is 0 Å². The standard InChI is InChI=1S/C18H20N2O2/c1-13(14-7-3-2-4-8-14)20-12-15(11-17(20)21)18(22)16-9-5-6-10-19-16/h2-10,13,15,18,22H,11-12H2,1H3/t13-,15-,18?/m1/s1. The number of aliphatic hydroxyl groups is 1. The molecule has 1 aromatic heterocycles. The highest BCUT2D eigenvalue weighted by atomic mass is 16.3. The number of aliphatic hydroxyl groups excluding tert-OH is 1. The van der Waals surface area contributed by atoms with E-state index < -0.39 is 6.10 Å². The molecule has 1 aromatic carbocycles. The molecule has 2 aromatic rings. The molecule has 0 bridgehead atoms. The van der Waals surface area contributed by atoms with E-state index in [0.717, 1.165) is 5.56 Å². The molecule has 1 amide bonds. The second kappa shape index (κ2) is 6.28. The molecule has 1 N–H and O–H groups in total. The number of pyridine rings is 1. The molecule has 1 aliphatic heterocycles. The smallest absolute Gasteiger partial charge is 0.223 e. The lowest BCUT2D eigenvalue weighted by atomic mass is 9.98. The van der Waals surface area contributed by atoms with Crippen LogP contribution in [0.2, 0.25) is 0 Å². The fourth-order valence-electron chi connectivity index (χ4n) is 3.05. The van der Waals surface area contributed by atoms with Crippen molar-refractivity contribution in [3.05, 3.63) is 66.0 Å². The molecule has 0 aliphatic carbocycles. The Morgan fingerprint density at radius 3 is 2.59 bits per heavy atom. The van der Waals surface area contributed by atoms with Gasteiger partial charge in [-0.3, -0.25) is 9.78 Å². The van der Waals surface area contributed by atoms with Gasteiger partial charge in [-0.1, -0.05) is 36.4 Å². The minimum absolute atomic E-state index is 0.0228. The van der Waals surface area contributed by atoms with E-state index in [1.807, 2.05) is 54.3 Å². The number of amides is 1. The zero-order chi connectivity index (χ0) is 15.5. The van der Waals surface area contributed by atoms with Gasteiger partial charge in [0.05, 0.1) is 11.7 Å². The first-order chi connectivity index (χ1) is 10.7. The Labute approximate surface area is 130 Å². The number of nitrogens with zero attached hydrogens (tertiary/aromatic N) is 2. The van der Waals surface area contributed by atoms with Gasteiger partial charge in [0.2, 0.25) is 5.91 Å². The lowest BCUT2D eigenvalue weighted by molar-refractivity contribution is -0.129. The molecule has 1 aliphatic rings. The van der Waals surface area contributed by atoms with Gasteiger partial charge in [0.25, 0.3) is 0 Å². The molecule has 4 heteroatoms. The number of hydrogen-bond acceptors (Lipinski definition) is 3. The van der Waals surface area contributed by atoms with E-state index in [-0.39, 0.29) is 17.9 Å². The fourth-order valence-corrected chi connectivity index (χ4v) is 3.05. The van der Waals surface area contributed by atoms with Gasteiger partial charge in [-0.05, 0) is 24.6 Å². The number of aromatic nitrogens is 1. The fraction of sp³-hybridized carbons (Fsp3) is 0.333. The quantitative estimate of drug-likeness (QED) is 0.944. The molecule has 114 valence electrons. The number of likely N-dealkylation sites (tertiary alicyclic amines) is 1. The molecule has 4 nitrogen and oxygen atoms in total. The van der Waals surface area contributed by atoms with Crippen molar-refractivity contribution in [3.8, 4) is 0 Å². The predicted molar refractivity (Wildman–Crippen MR) is 83.9 cm³/mol. The van der Waals surface area contributed by atoms with Gasteiger partial charge in [0.15, 0.2) is 0 Å². The SMILES string of the molecule is C[C@H](c1ccccc1)N1C[C@H](C(O)c2ccccn2)CC1=O. The number of rotatable bonds is 4. The summed E-state index contributed by atoms with van der Waals surface area (Å²) < 4.78 is 0. The molecule has 2 heterocycles. The van der Waals surface area contributed by atoms with E-state index in [1.54, 1.807) is 12.3 Å². The van der Waals surface area contributed by atoms with Crippen molar-refractivity contribution in [1.29, 1.82) is 0 Å². The Balaban J connectivity index is 1.73. The van der Waals surface area contributed by atoms with Gasteiger partial charge in [-0.15, -0.1) is 0 Å². The van der Waals surface area contributed by atoms with E-state index in [2.05, 4.69) is 4.98 Å². The van der Waals surface area contributed by atoms with Crippen LogP contribution in [0.5, 0.6) is 0 Å². The minimum Gasteiger partial charge on any atom is -0.386 e. The van der Waals surface area contributed by atoms with Crippen LogP contribution in [0.25, 0.3) is 0 Å². The van der Waals surface area contributed by atoms with Crippen LogP contribution in [0.15, 0.2) is 54.7 Å². The van der Waals surface area contributed by atoms with E-state index >= 15 is 0 Å². The van der Waals surface area contributed by atoms with Crippen LogP contribution in [-0.4, -0.2) is 27.4 Å². The van der Waals surface area contributed by atoms with Crippen LogP contribution in [0.3, 0.4) is 0 Å². The first kappa shape index (κ1) is 14.7. The molecular weight excluding hydrogens is 276 g/mol. The van der Waals surface area contributed by atoms with Gasteiger partial charge in [-0.2, -0.15) is 0 Å². The Morgan fingerprint density at radius 1 is 1.18 bits per heavy atom. The maximum atomic E-state index is 12.3. The van der Waals surface area contributed by atoms with Crippen molar-refractivity contribution in [1.82, 2.24) is 9.88 Å². The van der Waals surface area contributed by atoms with E-state index in [9.17, 15) is 9.90 Å². The van der Waals surface area contributed by atoms with Gasteiger partial charge in [0, 0.05) is 25.1 Å². The Bertz CT molecular complexity index is 630. The highest BCUT2D eigenvalue weighted by Crippen LogP contribution is 2.34. The summed E-state index contributed by atoms with van der Waals surface area (Å²) in [5, 5.41) is 10.5. The third-order valence-corrected chi connectivity index (χ3v) is 4.38. The molecule has 0 saturated carbocycles. The van der Waals surface area contributed by atoms with Gasteiger partial charge < -0.3 is 10.0 Å². The molecule has 0 spiro atoms.